The lowest BCUT2D eigenvalue weighted by Gasteiger charge is -2.32. The molecule has 1 aliphatic rings. The number of imidazole rings is 1. The van der Waals surface area contributed by atoms with Gasteiger partial charge in [0.1, 0.15) is 9.52 Å². The molecule has 3 rings (SSSR count). The first-order chi connectivity index (χ1) is 8.55. The largest absolute Gasteiger partial charge is 0.355 e. The number of nitrogens with zero attached hydrogens (tertiary/aromatic N) is 4. The fourth-order valence-corrected chi connectivity index (χ4v) is 2.56. The molecule has 0 amide bonds. The number of hydrogen-bond acceptors (Lipinski definition) is 3. The minimum absolute atomic E-state index is 0.103. The van der Waals surface area contributed by atoms with Crippen molar-refractivity contribution in [3.8, 4) is 0 Å². The highest BCUT2D eigenvalue weighted by Crippen LogP contribution is 2.29. The van der Waals surface area contributed by atoms with E-state index in [0.717, 1.165) is 15.2 Å². The summed E-state index contributed by atoms with van der Waals surface area (Å²) in [5.41, 5.74) is 0.769. The summed E-state index contributed by atoms with van der Waals surface area (Å²) in [6.07, 6.45) is 1.53. The smallest absolute Gasteiger partial charge is 0.251 e. The number of halogens is 3. The van der Waals surface area contributed by atoms with E-state index in [1.165, 1.54) is 0 Å². The molecule has 0 spiro atoms. The van der Waals surface area contributed by atoms with Crippen molar-refractivity contribution in [3.63, 3.8) is 0 Å². The van der Waals surface area contributed by atoms with Crippen molar-refractivity contribution in [2.75, 3.05) is 18.0 Å². The third-order valence-electron chi connectivity index (χ3n) is 3.13. The van der Waals surface area contributed by atoms with Gasteiger partial charge in [0.2, 0.25) is 0 Å². The fraction of sp³-hybridized carbons (Fsp3) is 0.455. The van der Waals surface area contributed by atoms with Gasteiger partial charge >= 0.3 is 0 Å². The standard InChI is InChI=1S/C11H11F2IN4/c12-11(13)3-5-17(6-4-11)10-2-1-9-15-7-8(14)18(9)16-10/h1-2,7H,3-6H2. The zero-order valence-electron chi connectivity index (χ0n) is 9.48. The van der Waals surface area contributed by atoms with Crippen molar-refractivity contribution < 1.29 is 8.78 Å². The molecule has 1 saturated heterocycles. The lowest BCUT2D eigenvalue weighted by Crippen LogP contribution is -2.39. The minimum atomic E-state index is -2.52. The molecule has 96 valence electrons. The first kappa shape index (κ1) is 12.1. The predicted octanol–water partition coefficient (Wildman–Crippen LogP) is 2.57. The zero-order chi connectivity index (χ0) is 12.8. The number of rotatable bonds is 1. The lowest BCUT2D eigenvalue weighted by atomic mass is 10.1. The van der Waals surface area contributed by atoms with Crippen LogP contribution in [0.15, 0.2) is 18.3 Å². The normalized spacial score (nSPS) is 19.4. The maximum Gasteiger partial charge on any atom is 0.251 e. The Labute approximate surface area is 116 Å². The lowest BCUT2D eigenvalue weighted by molar-refractivity contribution is -0.0221. The highest BCUT2D eigenvalue weighted by atomic mass is 127. The van der Waals surface area contributed by atoms with Gasteiger partial charge in [-0.3, -0.25) is 0 Å². The summed E-state index contributed by atoms with van der Waals surface area (Å²) in [4.78, 5) is 6.08. The first-order valence-corrected chi connectivity index (χ1v) is 6.76. The van der Waals surface area contributed by atoms with E-state index >= 15 is 0 Å². The van der Waals surface area contributed by atoms with Crippen LogP contribution in [-0.2, 0) is 0 Å². The molecule has 3 heterocycles. The van der Waals surface area contributed by atoms with Crippen LogP contribution in [0.3, 0.4) is 0 Å². The van der Waals surface area contributed by atoms with Gasteiger partial charge in [0.05, 0.1) is 6.20 Å². The Morgan fingerprint density at radius 2 is 1.94 bits per heavy atom. The molecule has 1 fully saturated rings. The fourth-order valence-electron chi connectivity index (χ4n) is 2.07. The number of piperidine rings is 1. The number of alkyl halides is 2. The van der Waals surface area contributed by atoms with Crippen LogP contribution in [0.4, 0.5) is 14.6 Å². The molecule has 0 atom stereocenters. The molecule has 4 nitrogen and oxygen atoms in total. The molecule has 2 aromatic heterocycles. The van der Waals surface area contributed by atoms with Crippen molar-refractivity contribution in [1.29, 1.82) is 0 Å². The third-order valence-corrected chi connectivity index (χ3v) is 3.86. The van der Waals surface area contributed by atoms with Gasteiger partial charge in [0, 0.05) is 25.9 Å². The second-order valence-electron chi connectivity index (χ2n) is 4.39. The van der Waals surface area contributed by atoms with Crippen LogP contribution in [0.25, 0.3) is 5.65 Å². The summed E-state index contributed by atoms with van der Waals surface area (Å²) < 4.78 is 28.8. The summed E-state index contributed by atoms with van der Waals surface area (Å²) in [6.45, 7) is 0.688. The Kier molecular flexibility index (Phi) is 2.87. The van der Waals surface area contributed by atoms with Gasteiger partial charge in [0.15, 0.2) is 5.65 Å². The van der Waals surface area contributed by atoms with Crippen LogP contribution in [-0.4, -0.2) is 33.6 Å². The second-order valence-corrected chi connectivity index (χ2v) is 5.49. The van der Waals surface area contributed by atoms with Crippen molar-refractivity contribution in [2.24, 2.45) is 0 Å². The van der Waals surface area contributed by atoms with Gasteiger partial charge in [-0.2, -0.15) is 0 Å². The van der Waals surface area contributed by atoms with E-state index in [0.29, 0.717) is 13.1 Å². The molecule has 0 aromatic carbocycles. The second kappa shape index (κ2) is 4.29. The van der Waals surface area contributed by atoms with Crippen molar-refractivity contribution in [3.05, 3.63) is 22.0 Å². The maximum absolute atomic E-state index is 13.1. The van der Waals surface area contributed by atoms with E-state index in [9.17, 15) is 8.78 Å². The highest BCUT2D eigenvalue weighted by Gasteiger charge is 2.34. The van der Waals surface area contributed by atoms with E-state index in [-0.39, 0.29) is 12.8 Å². The monoisotopic (exact) mass is 364 g/mol. The molecule has 0 N–H and O–H groups in total. The quantitative estimate of drug-likeness (QED) is 0.730. The summed E-state index contributed by atoms with van der Waals surface area (Å²) in [5.74, 6) is -1.79. The highest BCUT2D eigenvalue weighted by molar-refractivity contribution is 14.1. The van der Waals surface area contributed by atoms with E-state index < -0.39 is 5.92 Å². The number of aromatic nitrogens is 3. The van der Waals surface area contributed by atoms with E-state index in [1.807, 2.05) is 17.0 Å². The van der Waals surface area contributed by atoms with Gasteiger partial charge in [-0.05, 0) is 34.7 Å². The Balaban J connectivity index is 1.88. The van der Waals surface area contributed by atoms with Gasteiger partial charge in [-0.1, -0.05) is 0 Å². The van der Waals surface area contributed by atoms with Crippen molar-refractivity contribution in [1.82, 2.24) is 14.6 Å². The zero-order valence-corrected chi connectivity index (χ0v) is 11.6. The van der Waals surface area contributed by atoms with Gasteiger partial charge < -0.3 is 4.90 Å². The van der Waals surface area contributed by atoms with E-state index in [1.54, 1.807) is 10.7 Å². The topological polar surface area (TPSA) is 33.4 Å². The molecule has 0 radical (unpaired) electrons. The van der Waals surface area contributed by atoms with Crippen LogP contribution in [0.5, 0.6) is 0 Å². The molecular weight excluding hydrogens is 353 g/mol. The van der Waals surface area contributed by atoms with Crippen LogP contribution in [0.1, 0.15) is 12.8 Å². The van der Waals surface area contributed by atoms with Gasteiger partial charge in [-0.25, -0.2) is 18.3 Å². The number of fused-ring (bicyclic) bond motifs is 1. The minimum Gasteiger partial charge on any atom is -0.355 e. The van der Waals surface area contributed by atoms with Gasteiger partial charge in [-0.15, -0.1) is 5.10 Å². The van der Waals surface area contributed by atoms with E-state index in [4.69, 9.17) is 0 Å². The SMILES string of the molecule is FC1(F)CCN(c2ccc3ncc(I)n3n2)CC1. The van der Waals surface area contributed by atoms with Crippen molar-refractivity contribution >= 4 is 34.1 Å². The molecule has 0 aliphatic carbocycles. The summed E-state index contributed by atoms with van der Waals surface area (Å²) in [6, 6.07) is 3.69. The van der Waals surface area contributed by atoms with Crippen LogP contribution in [0.2, 0.25) is 0 Å². The molecule has 2 aromatic rings. The summed E-state index contributed by atoms with van der Waals surface area (Å²) in [5, 5.41) is 4.43. The molecule has 0 bridgehead atoms. The van der Waals surface area contributed by atoms with E-state index in [2.05, 4.69) is 32.7 Å². The Bertz CT molecular complexity index is 573. The third kappa shape index (κ3) is 2.15. The number of hydrogen-bond donors (Lipinski definition) is 0. The van der Waals surface area contributed by atoms with Crippen LogP contribution < -0.4 is 4.90 Å². The molecule has 18 heavy (non-hydrogen) atoms. The molecule has 7 heteroatoms. The Hall–Kier alpha value is -0.990. The maximum atomic E-state index is 13.1. The molecule has 0 saturated carbocycles. The van der Waals surface area contributed by atoms with Crippen molar-refractivity contribution in [2.45, 2.75) is 18.8 Å². The van der Waals surface area contributed by atoms with Crippen LogP contribution in [0, 0.1) is 3.70 Å². The van der Waals surface area contributed by atoms with Gasteiger partial charge in [0.25, 0.3) is 5.92 Å². The average Bonchev–Trinajstić information content (AvgIpc) is 2.71. The molecular formula is C11H11F2IN4. The van der Waals surface area contributed by atoms with Crippen LogP contribution >= 0.6 is 22.6 Å². The summed E-state index contributed by atoms with van der Waals surface area (Å²) in [7, 11) is 0. The Morgan fingerprint density at radius 3 is 2.67 bits per heavy atom. The summed E-state index contributed by atoms with van der Waals surface area (Å²) >= 11 is 2.15. The molecule has 0 unspecified atom stereocenters. The first-order valence-electron chi connectivity index (χ1n) is 5.68. The molecule has 1 aliphatic heterocycles. The Morgan fingerprint density at radius 1 is 1.22 bits per heavy atom. The predicted molar refractivity (Wildman–Crippen MR) is 72.1 cm³/mol. The number of anilines is 1. The average molecular weight is 364 g/mol.